The number of amides is 1. The minimum Gasteiger partial charge on any atom is -0.301 e. The summed E-state index contributed by atoms with van der Waals surface area (Å²) in [6.07, 6.45) is 0. The molecule has 0 radical (unpaired) electrons. The highest BCUT2D eigenvalue weighted by molar-refractivity contribution is 7.22. The molecule has 124 valence electrons. The van der Waals surface area contributed by atoms with E-state index >= 15 is 0 Å². The highest BCUT2D eigenvalue weighted by Gasteiger charge is 2.12. The monoisotopic (exact) mass is 347 g/mol. The lowest BCUT2D eigenvalue weighted by Gasteiger charge is -2.16. The summed E-state index contributed by atoms with van der Waals surface area (Å²) < 4.78 is 27.5. The summed E-state index contributed by atoms with van der Waals surface area (Å²) in [5, 5.41) is 3.11. The Kier molecular flexibility index (Phi) is 4.82. The lowest BCUT2D eigenvalue weighted by atomic mass is 10.2. The number of nitrogens with one attached hydrogen (secondary N) is 1. The molecule has 1 amide bonds. The summed E-state index contributed by atoms with van der Waals surface area (Å²) in [6, 6.07) is 10.7. The Morgan fingerprint density at radius 3 is 2.83 bits per heavy atom. The zero-order valence-electron chi connectivity index (χ0n) is 12.9. The average Bonchev–Trinajstić information content (AvgIpc) is 2.90. The molecule has 1 N–H and O–H groups in total. The Labute approximate surface area is 141 Å². The third kappa shape index (κ3) is 3.93. The second-order valence-corrected chi connectivity index (χ2v) is 6.47. The van der Waals surface area contributed by atoms with E-state index in [0.717, 1.165) is 0 Å². The van der Waals surface area contributed by atoms with E-state index in [1.165, 1.54) is 29.5 Å². The smallest absolute Gasteiger partial charge is 0.240 e. The highest BCUT2D eigenvalue weighted by Crippen LogP contribution is 2.26. The average molecular weight is 347 g/mol. The van der Waals surface area contributed by atoms with E-state index in [0.29, 0.717) is 27.5 Å². The molecule has 1 heterocycles. The van der Waals surface area contributed by atoms with Gasteiger partial charge in [-0.3, -0.25) is 9.69 Å². The Balaban J connectivity index is 1.61. The number of anilines is 1. The van der Waals surface area contributed by atoms with Gasteiger partial charge in [-0.2, -0.15) is 0 Å². The fourth-order valence-electron chi connectivity index (χ4n) is 2.33. The van der Waals surface area contributed by atoms with Gasteiger partial charge in [-0.25, -0.2) is 13.8 Å². The number of aromatic nitrogens is 1. The predicted molar refractivity (Wildman–Crippen MR) is 90.9 cm³/mol. The molecular weight excluding hydrogens is 332 g/mol. The van der Waals surface area contributed by atoms with Gasteiger partial charge in [0.05, 0.1) is 16.8 Å². The first kappa shape index (κ1) is 16.5. The van der Waals surface area contributed by atoms with Crippen LogP contribution in [-0.4, -0.2) is 29.4 Å². The van der Waals surface area contributed by atoms with E-state index in [1.54, 1.807) is 36.2 Å². The molecule has 0 atom stereocenters. The van der Waals surface area contributed by atoms with Gasteiger partial charge in [-0.1, -0.05) is 29.5 Å². The van der Waals surface area contributed by atoms with Crippen molar-refractivity contribution in [3.8, 4) is 0 Å². The van der Waals surface area contributed by atoms with E-state index in [2.05, 4.69) is 10.3 Å². The van der Waals surface area contributed by atoms with Gasteiger partial charge in [0.15, 0.2) is 5.13 Å². The first-order valence-corrected chi connectivity index (χ1v) is 8.11. The van der Waals surface area contributed by atoms with E-state index in [9.17, 15) is 13.6 Å². The number of carbonyl (C=O) groups excluding carboxylic acids is 1. The number of halogens is 2. The van der Waals surface area contributed by atoms with Crippen molar-refractivity contribution in [3.05, 3.63) is 59.7 Å². The number of hydrogen-bond acceptors (Lipinski definition) is 4. The quantitative estimate of drug-likeness (QED) is 0.766. The minimum atomic E-state index is -0.339. The molecule has 0 spiro atoms. The highest BCUT2D eigenvalue weighted by atomic mass is 32.1. The molecule has 0 aliphatic rings. The summed E-state index contributed by atoms with van der Waals surface area (Å²) >= 11 is 1.21. The SMILES string of the molecule is CN(CC(=O)Nc1nc2ccc(F)cc2s1)Cc1ccccc1F. The number of fused-ring (bicyclic) bond motifs is 1. The van der Waals surface area contributed by atoms with E-state index < -0.39 is 0 Å². The summed E-state index contributed by atoms with van der Waals surface area (Å²) in [5.41, 5.74) is 1.17. The molecule has 7 heteroatoms. The molecule has 1 aromatic heterocycles. The van der Waals surface area contributed by atoms with Crippen LogP contribution in [0.3, 0.4) is 0 Å². The van der Waals surface area contributed by atoms with Crippen molar-refractivity contribution in [1.82, 2.24) is 9.88 Å². The van der Waals surface area contributed by atoms with Crippen molar-refractivity contribution in [1.29, 1.82) is 0 Å². The molecular formula is C17H15F2N3OS. The molecule has 3 rings (SSSR count). The topological polar surface area (TPSA) is 45.2 Å². The van der Waals surface area contributed by atoms with Gasteiger partial charge < -0.3 is 5.32 Å². The summed E-state index contributed by atoms with van der Waals surface area (Å²) in [7, 11) is 1.74. The van der Waals surface area contributed by atoms with Gasteiger partial charge >= 0.3 is 0 Å². The maximum Gasteiger partial charge on any atom is 0.240 e. The van der Waals surface area contributed by atoms with Crippen LogP contribution in [-0.2, 0) is 11.3 Å². The molecule has 0 aliphatic heterocycles. The van der Waals surface area contributed by atoms with Gasteiger partial charge in [0, 0.05) is 12.1 Å². The normalized spacial score (nSPS) is 11.2. The Morgan fingerprint density at radius 2 is 2.04 bits per heavy atom. The van der Waals surface area contributed by atoms with Gasteiger partial charge in [0.2, 0.25) is 5.91 Å². The van der Waals surface area contributed by atoms with Crippen molar-refractivity contribution in [2.75, 3.05) is 18.9 Å². The van der Waals surface area contributed by atoms with Crippen LogP contribution < -0.4 is 5.32 Å². The first-order chi connectivity index (χ1) is 11.5. The molecule has 0 fully saturated rings. The molecule has 2 aromatic carbocycles. The summed E-state index contributed by atoms with van der Waals surface area (Å²) in [5.74, 6) is -0.889. The van der Waals surface area contributed by atoms with Crippen LogP contribution in [0.5, 0.6) is 0 Å². The summed E-state index contributed by atoms with van der Waals surface area (Å²) in [4.78, 5) is 18.0. The lowest BCUT2D eigenvalue weighted by molar-refractivity contribution is -0.117. The minimum absolute atomic E-state index is 0.0959. The van der Waals surface area contributed by atoms with Crippen molar-refractivity contribution in [2.24, 2.45) is 0 Å². The molecule has 0 bridgehead atoms. The summed E-state index contributed by atoms with van der Waals surface area (Å²) in [6.45, 7) is 0.420. The Morgan fingerprint density at radius 1 is 1.25 bits per heavy atom. The fourth-order valence-corrected chi connectivity index (χ4v) is 3.24. The second kappa shape index (κ2) is 7.02. The van der Waals surface area contributed by atoms with Crippen molar-refractivity contribution in [3.63, 3.8) is 0 Å². The Hall–Kier alpha value is -2.38. The number of nitrogens with zero attached hydrogens (tertiary/aromatic N) is 2. The van der Waals surface area contributed by atoms with E-state index in [-0.39, 0.29) is 24.1 Å². The number of rotatable bonds is 5. The molecule has 0 aliphatic carbocycles. The number of carbonyl (C=O) groups is 1. The van der Waals surface area contributed by atoms with Crippen LogP contribution in [0.25, 0.3) is 10.2 Å². The molecule has 0 unspecified atom stereocenters. The fraction of sp³-hybridized carbons (Fsp3) is 0.176. The number of hydrogen-bond donors (Lipinski definition) is 1. The van der Waals surface area contributed by atoms with Crippen LogP contribution in [0.4, 0.5) is 13.9 Å². The number of benzene rings is 2. The third-order valence-corrected chi connectivity index (χ3v) is 4.34. The first-order valence-electron chi connectivity index (χ1n) is 7.29. The van der Waals surface area contributed by atoms with Crippen molar-refractivity contribution in [2.45, 2.75) is 6.54 Å². The zero-order valence-corrected chi connectivity index (χ0v) is 13.7. The van der Waals surface area contributed by atoms with Gasteiger partial charge in [-0.05, 0) is 31.3 Å². The van der Waals surface area contributed by atoms with Crippen LogP contribution in [0, 0.1) is 11.6 Å². The van der Waals surface area contributed by atoms with Crippen LogP contribution >= 0.6 is 11.3 Å². The standard InChI is InChI=1S/C17H15F2N3OS/c1-22(9-11-4-2-3-5-13(11)19)10-16(23)21-17-20-14-7-6-12(18)8-15(14)24-17/h2-8H,9-10H2,1H3,(H,20,21,23). The Bertz CT molecular complexity index is 881. The van der Waals surface area contributed by atoms with Crippen LogP contribution in [0.15, 0.2) is 42.5 Å². The van der Waals surface area contributed by atoms with Crippen LogP contribution in [0.1, 0.15) is 5.56 Å². The third-order valence-electron chi connectivity index (χ3n) is 3.41. The van der Waals surface area contributed by atoms with Crippen molar-refractivity contribution < 1.29 is 13.6 Å². The molecule has 4 nitrogen and oxygen atoms in total. The van der Waals surface area contributed by atoms with Gasteiger partial charge in [0.1, 0.15) is 11.6 Å². The van der Waals surface area contributed by atoms with Gasteiger partial charge in [0.25, 0.3) is 0 Å². The second-order valence-electron chi connectivity index (χ2n) is 5.44. The lowest BCUT2D eigenvalue weighted by Crippen LogP contribution is -2.30. The van der Waals surface area contributed by atoms with E-state index in [4.69, 9.17) is 0 Å². The van der Waals surface area contributed by atoms with Gasteiger partial charge in [-0.15, -0.1) is 0 Å². The van der Waals surface area contributed by atoms with Crippen molar-refractivity contribution >= 4 is 32.6 Å². The van der Waals surface area contributed by atoms with Crippen LogP contribution in [0.2, 0.25) is 0 Å². The maximum atomic E-state index is 13.6. The number of likely N-dealkylation sites (N-methyl/N-ethyl adjacent to an activating group) is 1. The number of thiazole rings is 1. The van der Waals surface area contributed by atoms with E-state index in [1.807, 2.05) is 0 Å². The molecule has 0 saturated heterocycles. The molecule has 3 aromatic rings. The largest absolute Gasteiger partial charge is 0.301 e. The zero-order chi connectivity index (χ0) is 17.1. The molecule has 24 heavy (non-hydrogen) atoms. The molecule has 0 saturated carbocycles. The predicted octanol–water partition coefficient (Wildman–Crippen LogP) is 3.65. The maximum absolute atomic E-state index is 13.6.